The van der Waals surface area contributed by atoms with Gasteiger partial charge in [0.1, 0.15) is 23.9 Å². The number of aliphatic carboxylic acids is 1. The number of fused-ring (bicyclic) bond motifs is 1. The van der Waals surface area contributed by atoms with Crippen molar-refractivity contribution >= 4 is 11.5 Å². The quantitative estimate of drug-likeness (QED) is 0.608. The van der Waals surface area contributed by atoms with Gasteiger partial charge in [0.2, 0.25) is 0 Å². The Kier molecular flexibility index (Phi) is 6.09. The van der Waals surface area contributed by atoms with Crippen LogP contribution in [0, 0.1) is 5.82 Å². The van der Waals surface area contributed by atoms with E-state index in [1.807, 2.05) is 0 Å². The van der Waals surface area contributed by atoms with Crippen molar-refractivity contribution < 1.29 is 36.9 Å². The van der Waals surface area contributed by atoms with Crippen LogP contribution in [-0.2, 0) is 4.79 Å². The molecule has 0 spiro atoms. The van der Waals surface area contributed by atoms with Crippen LogP contribution in [0.25, 0.3) is 5.57 Å². The molecule has 2 aromatic rings. The van der Waals surface area contributed by atoms with E-state index in [1.54, 1.807) is 30.3 Å². The molecule has 0 radical (unpaired) electrons. The number of halogens is 4. The van der Waals surface area contributed by atoms with E-state index in [9.17, 15) is 22.4 Å². The Bertz CT molecular complexity index is 1070. The van der Waals surface area contributed by atoms with Gasteiger partial charge in [-0.1, -0.05) is 12.1 Å². The third kappa shape index (κ3) is 4.83. The van der Waals surface area contributed by atoms with E-state index in [2.05, 4.69) is 0 Å². The van der Waals surface area contributed by atoms with Crippen LogP contribution in [0.5, 0.6) is 11.5 Å². The number of rotatable bonds is 7. The van der Waals surface area contributed by atoms with Crippen molar-refractivity contribution in [1.29, 1.82) is 0 Å². The van der Waals surface area contributed by atoms with E-state index in [1.165, 1.54) is 17.0 Å². The number of carboxylic acids is 1. The predicted octanol–water partition coefficient (Wildman–Crippen LogP) is 4.55. The number of carbonyl (C=O) groups is 1. The van der Waals surface area contributed by atoms with Gasteiger partial charge in [-0.15, -0.1) is 0 Å². The summed E-state index contributed by atoms with van der Waals surface area (Å²) in [6.07, 6.45) is -0.176. The van der Waals surface area contributed by atoms with Gasteiger partial charge in [0, 0.05) is 18.7 Å². The summed E-state index contributed by atoms with van der Waals surface area (Å²) in [5.41, 5.74) is -0.0828. The Balaban J connectivity index is 1.71. The van der Waals surface area contributed by atoms with Crippen molar-refractivity contribution in [2.75, 3.05) is 32.8 Å². The van der Waals surface area contributed by atoms with Crippen LogP contribution in [-0.4, -0.2) is 60.4 Å². The lowest BCUT2D eigenvalue weighted by atomic mass is 9.90. The summed E-state index contributed by atoms with van der Waals surface area (Å²) in [4.78, 5) is 12.1. The zero-order valence-corrected chi connectivity index (χ0v) is 17.9. The number of hydrogen-bond acceptors (Lipinski definition) is 4. The van der Waals surface area contributed by atoms with Gasteiger partial charge in [-0.25, -0.2) is 17.6 Å². The largest absolute Gasteiger partial charge is 0.493 e. The Morgan fingerprint density at radius 2 is 1.88 bits per heavy atom. The van der Waals surface area contributed by atoms with E-state index in [-0.39, 0.29) is 26.2 Å². The molecule has 5 nitrogen and oxygen atoms in total. The van der Waals surface area contributed by atoms with Crippen LogP contribution >= 0.6 is 0 Å². The molecule has 0 amide bonds. The number of likely N-dealkylation sites (tertiary alicyclic amines) is 1. The van der Waals surface area contributed by atoms with Gasteiger partial charge < -0.3 is 14.6 Å². The smallest absolute Gasteiger partial charge is 0.306 e. The molecule has 9 heteroatoms. The minimum Gasteiger partial charge on any atom is -0.493 e. The van der Waals surface area contributed by atoms with Crippen molar-refractivity contribution in [3.8, 4) is 11.5 Å². The zero-order chi connectivity index (χ0) is 23.8. The average Bonchev–Trinajstić information content (AvgIpc) is 2.94. The summed E-state index contributed by atoms with van der Waals surface area (Å²) in [6, 6.07) is 10.7. The molecule has 1 unspecified atom stereocenters. The fraction of sp³-hybridized carbons (Fsp3) is 0.375. The first kappa shape index (κ1) is 23.1. The highest BCUT2D eigenvalue weighted by Crippen LogP contribution is 2.43. The highest BCUT2D eigenvalue weighted by molar-refractivity contribution is 5.87. The third-order valence-corrected chi connectivity index (χ3v) is 5.81. The van der Waals surface area contributed by atoms with E-state index in [4.69, 9.17) is 14.6 Å². The van der Waals surface area contributed by atoms with Crippen molar-refractivity contribution in [2.24, 2.45) is 0 Å². The SMILES string of the molecule is CC1(F)CN(CC2=C(c3ccc(F)cc3)c3cc(OCCC(=O)O)ccc3OC2)CC1(F)F. The molecule has 1 fully saturated rings. The van der Waals surface area contributed by atoms with E-state index >= 15 is 0 Å². The van der Waals surface area contributed by atoms with Gasteiger partial charge in [-0.2, -0.15) is 0 Å². The summed E-state index contributed by atoms with van der Waals surface area (Å²) in [7, 11) is 0. The van der Waals surface area contributed by atoms with Gasteiger partial charge in [-0.3, -0.25) is 9.69 Å². The molecular weight excluding hydrogens is 442 g/mol. The van der Waals surface area contributed by atoms with Gasteiger partial charge >= 0.3 is 5.97 Å². The van der Waals surface area contributed by atoms with Gasteiger partial charge in [0.15, 0.2) is 5.67 Å². The lowest BCUT2D eigenvalue weighted by Crippen LogP contribution is -2.39. The van der Waals surface area contributed by atoms with Crippen LogP contribution in [0.1, 0.15) is 24.5 Å². The molecule has 2 aliphatic heterocycles. The van der Waals surface area contributed by atoms with Gasteiger partial charge in [0.25, 0.3) is 5.92 Å². The molecule has 2 aromatic carbocycles. The molecule has 33 heavy (non-hydrogen) atoms. The van der Waals surface area contributed by atoms with Gasteiger partial charge in [-0.05, 0) is 54.0 Å². The van der Waals surface area contributed by atoms with Crippen molar-refractivity contribution in [2.45, 2.75) is 24.9 Å². The van der Waals surface area contributed by atoms with Crippen LogP contribution < -0.4 is 9.47 Å². The van der Waals surface area contributed by atoms with Crippen LogP contribution in [0.4, 0.5) is 17.6 Å². The maximum atomic E-state index is 14.4. The molecule has 1 atom stereocenters. The number of hydrogen-bond donors (Lipinski definition) is 1. The second-order valence-electron chi connectivity index (χ2n) is 8.47. The molecule has 4 rings (SSSR count). The monoisotopic (exact) mass is 465 g/mol. The molecule has 176 valence electrons. The summed E-state index contributed by atoms with van der Waals surface area (Å²) in [5.74, 6) is -3.96. The first-order valence-electron chi connectivity index (χ1n) is 10.4. The summed E-state index contributed by atoms with van der Waals surface area (Å²) < 4.78 is 67.5. The number of alkyl halides is 3. The zero-order valence-electron chi connectivity index (χ0n) is 17.9. The lowest BCUT2D eigenvalue weighted by molar-refractivity contribution is -0.137. The first-order valence-corrected chi connectivity index (χ1v) is 10.4. The summed E-state index contributed by atoms with van der Waals surface area (Å²) >= 11 is 0. The molecule has 0 saturated carbocycles. The minimum absolute atomic E-state index is 0.0324. The minimum atomic E-state index is -3.47. The predicted molar refractivity (Wildman–Crippen MR) is 113 cm³/mol. The average molecular weight is 465 g/mol. The summed E-state index contributed by atoms with van der Waals surface area (Å²) in [6.45, 7) is -0.128. The van der Waals surface area contributed by atoms with Crippen LogP contribution in [0.2, 0.25) is 0 Å². The molecule has 0 bridgehead atoms. The second kappa shape index (κ2) is 8.70. The normalized spacial score (nSPS) is 22.1. The third-order valence-electron chi connectivity index (χ3n) is 5.81. The molecule has 2 heterocycles. The van der Waals surface area contributed by atoms with Crippen molar-refractivity contribution in [3.63, 3.8) is 0 Å². The maximum Gasteiger partial charge on any atom is 0.306 e. The lowest BCUT2D eigenvalue weighted by Gasteiger charge is -2.28. The summed E-state index contributed by atoms with van der Waals surface area (Å²) in [5, 5.41) is 8.82. The highest BCUT2D eigenvalue weighted by Gasteiger charge is 2.58. The number of nitrogens with zero attached hydrogens (tertiary/aromatic N) is 1. The number of benzene rings is 2. The fourth-order valence-electron chi connectivity index (χ4n) is 4.12. The topological polar surface area (TPSA) is 59.0 Å². The van der Waals surface area contributed by atoms with Gasteiger partial charge in [0.05, 0.1) is 19.6 Å². The molecule has 0 aliphatic carbocycles. The first-order chi connectivity index (χ1) is 15.6. The Labute approximate surface area is 188 Å². The van der Waals surface area contributed by atoms with Crippen molar-refractivity contribution in [1.82, 2.24) is 4.90 Å². The molecule has 1 saturated heterocycles. The van der Waals surface area contributed by atoms with E-state index in [0.29, 0.717) is 33.8 Å². The number of ether oxygens (including phenoxy) is 2. The molecule has 1 N–H and O–H groups in total. The molecule has 2 aliphatic rings. The van der Waals surface area contributed by atoms with E-state index in [0.717, 1.165) is 6.92 Å². The Morgan fingerprint density at radius 1 is 1.15 bits per heavy atom. The molecule has 0 aromatic heterocycles. The maximum absolute atomic E-state index is 14.4. The van der Waals surface area contributed by atoms with Crippen molar-refractivity contribution in [3.05, 3.63) is 65.0 Å². The second-order valence-corrected chi connectivity index (χ2v) is 8.47. The van der Waals surface area contributed by atoms with E-state index < -0.39 is 36.5 Å². The molecular formula is C24H23F4NO4. The van der Waals surface area contributed by atoms with Crippen LogP contribution in [0.3, 0.4) is 0 Å². The number of carboxylic acid groups (broad SMARTS) is 1. The Hall–Kier alpha value is -3.07. The standard InChI is InChI=1S/C24H23F4NO4/c1-23(26)13-29(14-24(23,27)28)11-16-12-33-20-7-6-18(32-9-8-21(30)31)10-19(20)22(16)15-2-4-17(25)5-3-15/h2-7,10H,8-9,11-14H2,1H3,(H,30,31). The van der Waals surface area contributed by atoms with Crippen LogP contribution in [0.15, 0.2) is 48.0 Å². The fourth-order valence-corrected chi connectivity index (χ4v) is 4.12. The Morgan fingerprint density at radius 3 is 2.52 bits per heavy atom. The highest BCUT2D eigenvalue weighted by atomic mass is 19.3.